The van der Waals surface area contributed by atoms with Crippen LogP contribution in [0.4, 0.5) is 0 Å². The third kappa shape index (κ3) is 3.38. The topological polar surface area (TPSA) is 81.9 Å². The van der Waals surface area contributed by atoms with E-state index in [-0.39, 0.29) is 0 Å². The molecule has 3 rings (SSSR count). The highest BCUT2D eigenvalue weighted by atomic mass is 16.5. The van der Waals surface area contributed by atoms with Gasteiger partial charge >= 0.3 is 0 Å². The maximum atomic E-state index is 5.27. The average molecular weight is 287 g/mol. The van der Waals surface area contributed by atoms with Crippen molar-refractivity contribution in [3.63, 3.8) is 0 Å². The second kappa shape index (κ2) is 6.36. The Balaban J connectivity index is 1.61. The molecule has 0 spiro atoms. The van der Waals surface area contributed by atoms with E-state index in [2.05, 4.69) is 27.7 Å². The molecule has 0 saturated carbocycles. The van der Waals surface area contributed by atoms with E-state index in [0.29, 0.717) is 18.1 Å². The summed E-state index contributed by atoms with van der Waals surface area (Å²) in [6.07, 6.45) is 4.61. The lowest BCUT2D eigenvalue weighted by Gasteiger charge is -1.97. The van der Waals surface area contributed by atoms with Gasteiger partial charge in [-0.15, -0.1) is 5.10 Å². The van der Waals surface area contributed by atoms with E-state index in [1.807, 2.05) is 24.4 Å². The number of furan rings is 1. The quantitative estimate of drug-likeness (QED) is 0.670. The van der Waals surface area contributed by atoms with Crippen molar-refractivity contribution in [2.45, 2.75) is 26.4 Å². The smallest absolute Gasteiger partial charge is 0.202 e. The summed E-state index contributed by atoms with van der Waals surface area (Å²) in [6.45, 7) is 4.35. The Hall–Kier alpha value is -2.41. The maximum Gasteiger partial charge on any atom is 0.202 e. The fraction of sp³-hybridized carbons (Fsp3) is 0.357. The summed E-state index contributed by atoms with van der Waals surface area (Å²) in [4.78, 5) is 0. The molecule has 0 amide bonds. The molecule has 0 aliphatic heterocycles. The third-order valence-electron chi connectivity index (χ3n) is 2.97. The minimum absolute atomic E-state index is 0.519. The molecule has 3 aromatic rings. The molecular formula is C14H17N5O2. The molecule has 0 saturated heterocycles. The normalized spacial score (nSPS) is 11.1. The van der Waals surface area contributed by atoms with Crippen LogP contribution in [0.15, 0.2) is 39.6 Å². The standard InChI is InChI=1S/C14H17N5O2/c1-2-5-15-8-12-10-19(18-16-12)9-11-7-14(21-17-11)13-4-3-6-20-13/h3-4,6-7,10,15H,2,5,8-9H2,1H3. The first kappa shape index (κ1) is 13.6. The van der Waals surface area contributed by atoms with Crippen molar-refractivity contribution in [3.05, 3.63) is 42.0 Å². The molecule has 3 aromatic heterocycles. The van der Waals surface area contributed by atoms with Crippen molar-refractivity contribution in [2.75, 3.05) is 6.54 Å². The first-order valence-corrected chi connectivity index (χ1v) is 6.94. The first-order chi connectivity index (χ1) is 10.3. The molecule has 0 unspecified atom stereocenters. The molecule has 0 bridgehead atoms. The van der Waals surface area contributed by atoms with E-state index in [0.717, 1.165) is 30.9 Å². The number of aromatic nitrogens is 4. The highest BCUT2D eigenvalue weighted by Crippen LogP contribution is 2.20. The van der Waals surface area contributed by atoms with Gasteiger partial charge in [-0.3, -0.25) is 0 Å². The largest absolute Gasteiger partial charge is 0.461 e. The van der Waals surface area contributed by atoms with E-state index >= 15 is 0 Å². The fourth-order valence-electron chi connectivity index (χ4n) is 1.98. The molecule has 1 N–H and O–H groups in total. The zero-order chi connectivity index (χ0) is 14.5. The van der Waals surface area contributed by atoms with Gasteiger partial charge < -0.3 is 14.3 Å². The lowest BCUT2D eigenvalue weighted by molar-refractivity contribution is 0.407. The van der Waals surface area contributed by atoms with Crippen molar-refractivity contribution >= 4 is 0 Å². The number of hydrogen-bond donors (Lipinski definition) is 1. The van der Waals surface area contributed by atoms with Crippen molar-refractivity contribution in [1.82, 2.24) is 25.5 Å². The summed E-state index contributed by atoms with van der Waals surface area (Å²) in [5, 5.41) is 15.5. The summed E-state index contributed by atoms with van der Waals surface area (Å²) >= 11 is 0. The SMILES string of the molecule is CCCNCc1cn(Cc2cc(-c3ccco3)on2)nn1. The van der Waals surface area contributed by atoms with Gasteiger partial charge in [0.15, 0.2) is 5.76 Å². The van der Waals surface area contributed by atoms with E-state index in [1.165, 1.54) is 0 Å². The summed E-state index contributed by atoms with van der Waals surface area (Å²) in [5.74, 6) is 1.27. The lowest BCUT2D eigenvalue weighted by atomic mass is 10.3. The molecule has 0 aliphatic carbocycles. The Morgan fingerprint density at radius 2 is 2.24 bits per heavy atom. The number of nitrogens with zero attached hydrogens (tertiary/aromatic N) is 4. The Kier molecular flexibility index (Phi) is 4.11. The van der Waals surface area contributed by atoms with E-state index < -0.39 is 0 Å². The van der Waals surface area contributed by atoms with Crippen LogP contribution >= 0.6 is 0 Å². The van der Waals surface area contributed by atoms with Crippen molar-refractivity contribution in [2.24, 2.45) is 0 Å². The predicted molar refractivity (Wildman–Crippen MR) is 75.3 cm³/mol. The van der Waals surface area contributed by atoms with E-state index in [9.17, 15) is 0 Å². The molecule has 3 heterocycles. The number of rotatable bonds is 7. The van der Waals surface area contributed by atoms with Gasteiger partial charge in [0.2, 0.25) is 5.76 Å². The van der Waals surface area contributed by atoms with Crippen LogP contribution in [0.25, 0.3) is 11.5 Å². The van der Waals surface area contributed by atoms with Crippen LogP contribution in [-0.2, 0) is 13.1 Å². The van der Waals surface area contributed by atoms with Crippen LogP contribution in [0.1, 0.15) is 24.7 Å². The number of nitrogens with one attached hydrogen (secondary N) is 1. The molecule has 0 atom stereocenters. The van der Waals surface area contributed by atoms with Gasteiger partial charge in [-0.2, -0.15) is 0 Å². The van der Waals surface area contributed by atoms with Crippen LogP contribution in [-0.4, -0.2) is 26.7 Å². The predicted octanol–water partition coefficient (Wildman–Crippen LogP) is 2.07. The Labute approximate surface area is 121 Å². The second-order valence-corrected chi connectivity index (χ2v) is 4.74. The molecular weight excluding hydrogens is 270 g/mol. The van der Waals surface area contributed by atoms with Crippen molar-refractivity contribution in [3.8, 4) is 11.5 Å². The van der Waals surface area contributed by atoms with Gasteiger partial charge in [-0.25, -0.2) is 4.68 Å². The highest BCUT2D eigenvalue weighted by Gasteiger charge is 2.10. The lowest BCUT2D eigenvalue weighted by Crippen LogP contribution is -2.13. The Morgan fingerprint density at radius 3 is 3.05 bits per heavy atom. The summed E-state index contributed by atoms with van der Waals surface area (Å²) in [5.41, 5.74) is 1.69. The van der Waals surface area contributed by atoms with Crippen LogP contribution < -0.4 is 5.32 Å². The minimum atomic E-state index is 0.519. The van der Waals surface area contributed by atoms with Crippen LogP contribution in [0.3, 0.4) is 0 Å². The Bertz CT molecular complexity index is 671. The molecule has 7 heteroatoms. The molecule has 0 radical (unpaired) electrons. The molecule has 0 aromatic carbocycles. The summed E-state index contributed by atoms with van der Waals surface area (Å²) < 4.78 is 12.3. The summed E-state index contributed by atoms with van der Waals surface area (Å²) in [7, 11) is 0. The van der Waals surface area contributed by atoms with E-state index in [1.54, 1.807) is 10.9 Å². The summed E-state index contributed by atoms with van der Waals surface area (Å²) in [6, 6.07) is 5.48. The van der Waals surface area contributed by atoms with Crippen LogP contribution in [0, 0.1) is 0 Å². The zero-order valence-corrected chi connectivity index (χ0v) is 11.8. The van der Waals surface area contributed by atoms with Gasteiger partial charge in [0.1, 0.15) is 5.69 Å². The van der Waals surface area contributed by atoms with Gasteiger partial charge in [-0.05, 0) is 25.1 Å². The van der Waals surface area contributed by atoms with Crippen molar-refractivity contribution in [1.29, 1.82) is 0 Å². The van der Waals surface area contributed by atoms with Gasteiger partial charge in [-0.1, -0.05) is 17.3 Å². The van der Waals surface area contributed by atoms with Gasteiger partial charge in [0, 0.05) is 12.6 Å². The van der Waals surface area contributed by atoms with Crippen LogP contribution in [0.5, 0.6) is 0 Å². The molecule has 0 aliphatic rings. The third-order valence-corrected chi connectivity index (χ3v) is 2.97. The monoisotopic (exact) mass is 287 g/mol. The van der Waals surface area contributed by atoms with E-state index in [4.69, 9.17) is 8.94 Å². The minimum Gasteiger partial charge on any atom is -0.461 e. The van der Waals surface area contributed by atoms with Gasteiger partial charge in [0.05, 0.1) is 24.7 Å². The molecule has 7 nitrogen and oxygen atoms in total. The van der Waals surface area contributed by atoms with Crippen LogP contribution in [0.2, 0.25) is 0 Å². The average Bonchev–Trinajstić information content (AvgIpc) is 3.20. The number of hydrogen-bond acceptors (Lipinski definition) is 6. The second-order valence-electron chi connectivity index (χ2n) is 4.74. The molecule has 0 fully saturated rings. The first-order valence-electron chi connectivity index (χ1n) is 6.94. The molecule has 21 heavy (non-hydrogen) atoms. The van der Waals surface area contributed by atoms with Crippen molar-refractivity contribution < 1.29 is 8.94 Å². The maximum absolute atomic E-state index is 5.27. The highest BCUT2D eigenvalue weighted by molar-refractivity contribution is 5.49. The zero-order valence-electron chi connectivity index (χ0n) is 11.8. The Morgan fingerprint density at radius 1 is 1.29 bits per heavy atom. The molecule has 110 valence electrons. The van der Waals surface area contributed by atoms with Gasteiger partial charge in [0.25, 0.3) is 0 Å². The fourth-order valence-corrected chi connectivity index (χ4v) is 1.98.